The second-order valence-electron chi connectivity index (χ2n) is 7.05. The summed E-state index contributed by atoms with van der Waals surface area (Å²) in [5.41, 5.74) is 1.26. The Morgan fingerprint density at radius 1 is 1.12 bits per heavy atom. The molecule has 0 aliphatic heterocycles. The third kappa shape index (κ3) is 4.29. The van der Waals surface area contributed by atoms with Crippen molar-refractivity contribution in [2.24, 2.45) is 0 Å². The van der Waals surface area contributed by atoms with Gasteiger partial charge in [-0.05, 0) is 48.6 Å². The van der Waals surface area contributed by atoms with Crippen molar-refractivity contribution in [3.63, 3.8) is 0 Å². The lowest BCUT2D eigenvalue weighted by molar-refractivity contribution is 0.495. The molecule has 0 aliphatic carbocycles. The van der Waals surface area contributed by atoms with Crippen molar-refractivity contribution in [3.8, 4) is 5.69 Å². The number of nitrogens with zero attached hydrogens (tertiary/aromatic N) is 3. The van der Waals surface area contributed by atoms with Gasteiger partial charge in [-0.2, -0.15) is 0 Å². The first-order valence-corrected chi connectivity index (χ1v) is 12.4. The second kappa shape index (κ2) is 9.26. The van der Waals surface area contributed by atoms with Gasteiger partial charge in [0.25, 0.3) is 5.56 Å². The highest BCUT2D eigenvalue weighted by atomic mass is 35.5. The molecule has 3 heterocycles. The Morgan fingerprint density at radius 3 is 2.67 bits per heavy atom. The topological polar surface area (TPSA) is 53.0 Å². The summed E-state index contributed by atoms with van der Waals surface area (Å²) in [6.45, 7) is 0.358. The highest BCUT2D eigenvalue weighted by molar-refractivity contribution is 7.98. The largest absolute Gasteiger partial charge is 0.467 e. The first-order valence-electron chi connectivity index (χ1n) is 9.83. The molecule has 5 nitrogen and oxygen atoms in total. The fourth-order valence-electron chi connectivity index (χ4n) is 3.38. The van der Waals surface area contributed by atoms with Gasteiger partial charge in [0.05, 0.1) is 18.5 Å². The Bertz CT molecular complexity index is 1540. The second-order valence-corrected chi connectivity index (χ2v) is 10.0. The van der Waals surface area contributed by atoms with E-state index >= 15 is 0 Å². The minimum atomic E-state index is -0.402. The molecule has 0 unspecified atom stereocenters. The number of furan rings is 1. The molecule has 0 fully saturated rings. The van der Waals surface area contributed by atoms with Gasteiger partial charge in [0.15, 0.2) is 14.8 Å². The van der Waals surface area contributed by atoms with Crippen LogP contribution < -0.4 is 5.56 Å². The monoisotopic (exact) mass is 515 g/mol. The summed E-state index contributed by atoms with van der Waals surface area (Å²) >= 11 is 14.2. The van der Waals surface area contributed by atoms with Crippen LogP contribution in [0.4, 0.5) is 4.39 Å². The first kappa shape index (κ1) is 22.1. The zero-order valence-corrected chi connectivity index (χ0v) is 20.1. The van der Waals surface area contributed by atoms with Crippen LogP contribution in [0.15, 0.2) is 81.3 Å². The zero-order chi connectivity index (χ0) is 22.9. The standard InChI is InChI=1S/C23H15ClFN3O2S3/c24-17-9-4-10-18(25)16(17)13-32-22-26-20-19(21(29)28(22)14-6-2-1-3-7-14)33-23(31)27(20)12-15-8-5-11-30-15/h1-11H,12-13H2. The highest BCUT2D eigenvalue weighted by Crippen LogP contribution is 2.30. The SMILES string of the molecule is O=c1c2sc(=S)n(Cc3ccco3)c2nc(SCc2c(F)cccc2Cl)n1-c1ccccc1. The predicted octanol–water partition coefficient (Wildman–Crippen LogP) is 6.70. The number of aromatic nitrogens is 3. The Kier molecular flexibility index (Phi) is 6.20. The van der Waals surface area contributed by atoms with Gasteiger partial charge in [-0.3, -0.25) is 13.9 Å². The van der Waals surface area contributed by atoms with Crippen molar-refractivity contribution >= 4 is 57.3 Å². The molecule has 3 aromatic heterocycles. The molecule has 0 amide bonds. The van der Waals surface area contributed by atoms with E-state index in [-0.39, 0.29) is 11.3 Å². The lowest BCUT2D eigenvalue weighted by Crippen LogP contribution is -2.21. The van der Waals surface area contributed by atoms with Gasteiger partial charge in [0, 0.05) is 16.3 Å². The molecule has 0 aliphatic rings. The minimum absolute atomic E-state index is 0.208. The molecular weight excluding hydrogens is 501 g/mol. The maximum atomic E-state index is 14.4. The average molecular weight is 516 g/mol. The summed E-state index contributed by atoms with van der Waals surface area (Å²) in [6.07, 6.45) is 1.59. The van der Waals surface area contributed by atoms with E-state index < -0.39 is 5.82 Å². The molecule has 0 N–H and O–H groups in total. The third-order valence-corrected chi connectivity index (χ3v) is 7.72. The highest BCUT2D eigenvalue weighted by Gasteiger charge is 2.19. The number of hydrogen-bond acceptors (Lipinski definition) is 6. The number of halogens is 2. The van der Waals surface area contributed by atoms with Gasteiger partial charge < -0.3 is 4.42 Å². The van der Waals surface area contributed by atoms with E-state index in [2.05, 4.69) is 0 Å². The third-order valence-electron chi connectivity index (χ3n) is 4.97. The lowest BCUT2D eigenvalue weighted by atomic mass is 10.2. The summed E-state index contributed by atoms with van der Waals surface area (Å²) in [4.78, 5) is 18.4. The fourth-order valence-corrected chi connectivity index (χ4v) is 5.99. The van der Waals surface area contributed by atoms with Crippen molar-refractivity contribution in [1.29, 1.82) is 0 Å². The quantitative estimate of drug-likeness (QED) is 0.143. The Labute approximate surface area is 206 Å². The van der Waals surface area contributed by atoms with Crippen molar-refractivity contribution in [1.82, 2.24) is 14.1 Å². The molecular formula is C23H15ClFN3O2S3. The van der Waals surface area contributed by atoms with Gasteiger partial charge in [-0.15, -0.1) is 0 Å². The van der Waals surface area contributed by atoms with Gasteiger partial charge in [-0.25, -0.2) is 9.37 Å². The molecule has 2 aromatic carbocycles. The van der Waals surface area contributed by atoms with E-state index in [4.69, 9.17) is 33.2 Å². The van der Waals surface area contributed by atoms with Gasteiger partial charge in [0.1, 0.15) is 16.3 Å². The maximum Gasteiger partial charge on any atom is 0.278 e. The molecule has 0 radical (unpaired) electrons. The lowest BCUT2D eigenvalue weighted by Gasteiger charge is -2.13. The predicted molar refractivity (Wildman–Crippen MR) is 133 cm³/mol. The van der Waals surface area contributed by atoms with Crippen molar-refractivity contribution in [2.45, 2.75) is 17.5 Å². The van der Waals surface area contributed by atoms with E-state index in [0.29, 0.717) is 48.0 Å². The van der Waals surface area contributed by atoms with E-state index in [1.165, 1.54) is 33.7 Å². The Morgan fingerprint density at radius 2 is 1.94 bits per heavy atom. The van der Waals surface area contributed by atoms with Crippen molar-refractivity contribution in [2.75, 3.05) is 0 Å². The summed E-state index contributed by atoms with van der Waals surface area (Å²) < 4.78 is 24.1. The van der Waals surface area contributed by atoms with Crippen molar-refractivity contribution < 1.29 is 8.81 Å². The van der Waals surface area contributed by atoms with Gasteiger partial charge in [-0.1, -0.05) is 59.0 Å². The number of thiazole rings is 1. The van der Waals surface area contributed by atoms with Crippen LogP contribution in [0.5, 0.6) is 0 Å². The molecule has 0 saturated carbocycles. The van der Waals surface area contributed by atoms with E-state index in [1.54, 1.807) is 29.0 Å². The van der Waals surface area contributed by atoms with Crippen LogP contribution >= 0.6 is 46.9 Å². The smallest absolute Gasteiger partial charge is 0.278 e. The summed E-state index contributed by atoms with van der Waals surface area (Å²) in [5.74, 6) is 0.507. The molecule has 0 spiro atoms. The summed E-state index contributed by atoms with van der Waals surface area (Å²) in [6, 6.07) is 17.4. The van der Waals surface area contributed by atoms with E-state index in [0.717, 1.165) is 0 Å². The number of fused-ring (bicyclic) bond motifs is 1. The van der Waals surface area contributed by atoms with Crippen LogP contribution in [-0.2, 0) is 12.3 Å². The van der Waals surface area contributed by atoms with Crippen LogP contribution in [0, 0.1) is 9.77 Å². The maximum absolute atomic E-state index is 14.4. The zero-order valence-electron chi connectivity index (χ0n) is 16.9. The normalized spacial score (nSPS) is 11.3. The summed E-state index contributed by atoms with van der Waals surface area (Å²) in [5, 5.41) is 0.743. The van der Waals surface area contributed by atoms with Gasteiger partial charge in [0.2, 0.25) is 0 Å². The van der Waals surface area contributed by atoms with E-state index in [1.807, 2.05) is 36.4 Å². The van der Waals surface area contributed by atoms with Crippen LogP contribution in [0.25, 0.3) is 16.0 Å². The number of hydrogen-bond donors (Lipinski definition) is 0. The minimum Gasteiger partial charge on any atom is -0.467 e. The number of rotatable bonds is 6. The molecule has 0 atom stereocenters. The van der Waals surface area contributed by atoms with Crippen molar-refractivity contribution in [3.05, 3.63) is 103 Å². The first-order chi connectivity index (χ1) is 16.0. The van der Waals surface area contributed by atoms with Crippen LogP contribution in [0.2, 0.25) is 5.02 Å². The average Bonchev–Trinajstić information content (AvgIpc) is 3.43. The van der Waals surface area contributed by atoms with E-state index in [9.17, 15) is 9.18 Å². The van der Waals surface area contributed by atoms with Crippen LogP contribution in [0.3, 0.4) is 0 Å². The van der Waals surface area contributed by atoms with Crippen LogP contribution in [-0.4, -0.2) is 14.1 Å². The fraction of sp³-hybridized carbons (Fsp3) is 0.0870. The molecule has 0 saturated heterocycles. The molecule has 10 heteroatoms. The van der Waals surface area contributed by atoms with Crippen LogP contribution in [0.1, 0.15) is 11.3 Å². The summed E-state index contributed by atoms with van der Waals surface area (Å²) in [7, 11) is 0. The number of para-hydroxylation sites is 1. The Hall–Kier alpha value is -2.72. The number of thioether (sulfide) groups is 1. The molecule has 166 valence electrons. The molecule has 5 aromatic rings. The molecule has 0 bridgehead atoms. The number of benzene rings is 2. The van der Waals surface area contributed by atoms with Gasteiger partial charge >= 0.3 is 0 Å². The molecule has 5 rings (SSSR count). The molecule has 33 heavy (non-hydrogen) atoms. The Balaban J connectivity index is 1.68.